The fourth-order valence-electron chi connectivity index (χ4n) is 4.27. The van der Waals surface area contributed by atoms with E-state index >= 15 is 0 Å². The lowest BCUT2D eigenvalue weighted by molar-refractivity contribution is -0.132. The summed E-state index contributed by atoms with van der Waals surface area (Å²) in [5, 5.41) is 11.3. The molecule has 176 valence electrons. The lowest BCUT2D eigenvalue weighted by Crippen LogP contribution is -2.30. The summed E-state index contributed by atoms with van der Waals surface area (Å²) in [6.45, 7) is 1.95. The van der Waals surface area contributed by atoms with E-state index in [1.807, 2.05) is 25.1 Å². The lowest BCUT2D eigenvalue weighted by Gasteiger charge is -2.22. The number of imidazole rings is 1. The van der Waals surface area contributed by atoms with Crippen LogP contribution in [0.2, 0.25) is 0 Å². The van der Waals surface area contributed by atoms with Gasteiger partial charge in [0, 0.05) is 18.0 Å². The monoisotopic (exact) mass is 470 g/mol. The fourth-order valence-corrected chi connectivity index (χ4v) is 4.27. The summed E-state index contributed by atoms with van der Waals surface area (Å²) in [7, 11) is 2.97. The Bertz CT molecular complexity index is 1490. The molecule has 2 aromatic heterocycles. The number of rotatable bonds is 5. The Morgan fingerprint density at radius 3 is 2.57 bits per heavy atom. The number of carbonyl (C=O) groups is 2. The average Bonchev–Trinajstić information content (AvgIpc) is 3.41. The highest BCUT2D eigenvalue weighted by molar-refractivity contribution is 6.51. The smallest absolute Gasteiger partial charge is 0.302 e. The second-order valence-electron chi connectivity index (χ2n) is 8.11. The summed E-state index contributed by atoms with van der Waals surface area (Å²) >= 11 is 0. The molecule has 1 unspecified atom stereocenters. The van der Waals surface area contributed by atoms with Crippen LogP contribution >= 0.6 is 0 Å². The molecule has 4 aromatic rings. The van der Waals surface area contributed by atoms with Crippen LogP contribution in [-0.4, -0.2) is 46.0 Å². The van der Waals surface area contributed by atoms with E-state index in [0.717, 1.165) is 11.1 Å². The quantitative estimate of drug-likeness (QED) is 0.258. The molecule has 1 saturated heterocycles. The van der Waals surface area contributed by atoms with Crippen molar-refractivity contribution < 1.29 is 24.2 Å². The van der Waals surface area contributed by atoms with E-state index in [0.29, 0.717) is 28.1 Å². The number of methoxy groups -OCH3 is 2. The van der Waals surface area contributed by atoms with Gasteiger partial charge in [0.05, 0.1) is 36.9 Å². The first-order valence-electron chi connectivity index (χ1n) is 10.8. The standard InChI is InChI=1S/C26H22N4O5/c1-14-6-8-17-18(11-14)29-26(28-17)30-22(16-5-4-10-27-13-16)21(24(32)25(30)33)23(31)15-7-9-19(34-2)20(12-15)35-3/h4-13,22,31H,1-3H3,(H,28,29)/b23-21+. The van der Waals surface area contributed by atoms with Crippen LogP contribution in [0.15, 0.2) is 66.5 Å². The van der Waals surface area contributed by atoms with Gasteiger partial charge >= 0.3 is 5.91 Å². The van der Waals surface area contributed by atoms with Crippen LogP contribution in [0.3, 0.4) is 0 Å². The van der Waals surface area contributed by atoms with Crippen LogP contribution in [0, 0.1) is 6.92 Å². The number of nitrogens with zero attached hydrogens (tertiary/aromatic N) is 3. The van der Waals surface area contributed by atoms with Crippen molar-refractivity contribution in [1.29, 1.82) is 0 Å². The van der Waals surface area contributed by atoms with Crippen molar-refractivity contribution in [2.24, 2.45) is 0 Å². The highest BCUT2D eigenvalue weighted by atomic mass is 16.5. The Morgan fingerprint density at radius 1 is 1.06 bits per heavy atom. The van der Waals surface area contributed by atoms with Gasteiger partial charge in [0.25, 0.3) is 5.78 Å². The fraction of sp³-hybridized carbons (Fsp3) is 0.154. The minimum Gasteiger partial charge on any atom is -0.507 e. The molecule has 1 atom stereocenters. The van der Waals surface area contributed by atoms with E-state index in [4.69, 9.17) is 9.47 Å². The van der Waals surface area contributed by atoms with Crippen molar-refractivity contribution in [3.8, 4) is 11.5 Å². The van der Waals surface area contributed by atoms with Crippen molar-refractivity contribution in [2.45, 2.75) is 13.0 Å². The number of amides is 1. The Kier molecular flexibility index (Phi) is 5.44. The van der Waals surface area contributed by atoms with E-state index in [9.17, 15) is 14.7 Å². The van der Waals surface area contributed by atoms with Crippen molar-refractivity contribution in [1.82, 2.24) is 15.0 Å². The molecule has 1 aliphatic rings. The molecule has 1 aliphatic heterocycles. The highest BCUT2D eigenvalue weighted by Gasteiger charge is 2.48. The number of nitrogens with one attached hydrogen (secondary N) is 1. The Balaban J connectivity index is 1.71. The van der Waals surface area contributed by atoms with Gasteiger partial charge in [0.1, 0.15) is 5.76 Å². The van der Waals surface area contributed by atoms with Gasteiger partial charge < -0.3 is 19.6 Å². The first-order chi connectivity index (χ1) is 16.9. The summed E-state index contributed by atoms with van der Waals surface area (Å²) in [5.74, 6) is -0.942. The van der Waals surface area contributed by atoms with Gasteiger partial charge in [-0.1, -0.05) is 12.1 Å². The van der Waals surface area contributed by atoms with Crippen LogP contribution in [0.1, 0.15) is 22.7 Å². The maximum atomic E-state index is 13.3. The molecule has 0 radical (unpaired) electrons. The summed E-state index contributed by atoms with van der Waals surface area (Å²) in [4.78, 5) is 39.7. The van der Waals surface area contributed by atoms with Crippen LogP contribution in [-0.2, 0) is 9.59 Å². The number of benzene rings is 2. The molecular weight excluding hydrogens is 448 g/mol. The Hall–Kier alpha value is -4.66. The number of aromatic amines is 1. The number of ketones is 1. The summed E-state index contributed by atoms with van der Waals surface area (Å²) in [5.41, 5.74) is 3.17. The largest absolute Gasteiger partial charge is 0.507 e. The van der Waals surface area contributed by atoms with Crippen LogP contribution in [0.4, 0.5) is 5.95 Å². The SMILES string of the molecule is COc1ccc(/C(O)=C2\C(=O)C(=O)N(c3nc4ccc(C)cc4[nH]3)C2c2cccnc2)cc1OC. The van der Waals surface area contributed by atoms with Crippen molar-refractivity contribution >= 4 is 34.4 Å². The molecule has 0 bridgehead atoms. The number of carbonyl (C=O) groups excluding carboxylic acids is 2. The molecule has 0 saturated carbocycles. The van der Waals surface area contributed by atoms with E-state index < -0.39 is 17.7 Å². The molecule has 3 heterocycles. The van der Waals surface area contributed by atoms with Crippen molar-refractivity contribution in [2.75, 3.05) is 19.1 Å². The van der Waals surface area contributed by atoms with Crippen LogP contribution in [0.5, 0.6) is 11.5 Å². The number of ether oxygens (including phenoxy) is 2. The molecule has 0 aliphatic carbocycles. The molecule has 2 aromatic carbocycles. The number of hydrogen-bond donors (Lipinski definition) is 2. The lowest BCUT2D eigenvalue weighted by atomic mass is 9.96. The van der Waals surface area contributed by atoms with Gasteiger partial charge in [0.15, 0.2) is 11.5 Å². The number of Topliss-reactive ketones (excluding diaryl/α,β-unsaturated/α-hetero) is 1. The first kappa shape index (κ1) is 22.1. The minimum absolute atomic E-state index is 0.0770. The van der Waals surface area contributed by atoms with Crippen molar-refractivity contribution in [3.63, 3.8) is 0 Å². The number of H-pyrrole nitrogens is 1. The van der Waals surface area contributed by atoms with E-state index in [1.165, 1.54) is 19.1 Å². The number of fused-ring (bicyclic) bond motifs is 1. The van der Waals surface area contributed by atoms with Crippen molar-refractivity contribution in [3.05, 3.63) is 83.2 Å². The third kappa shape index (κ3) is 3.67. The zero-order valence-electron chi connectivity index (χ0n) is 19.3. The van der Waals surface area contributed by atoms with Gasteiger partial charge in [-0.15, -0.1) is 0 Å². The normalized spacial score (nSPS) is 17.2. The zero-order chi connectivity index (χ0) is 24.7. The summed E-state index contributed by atoms with van der Waals surface area (Å²) in [6, 6.07) is 12.9. The van der Waals surface area contributed by atoms with Gasteiger partial charge in [0.2, 0.25) is 5.95 Å². The number of aryl methyl sites for hydroxylation is 1. The Morgan fingerprint density at radius 2 is 1.86 bits per heavy atom. The molecule has 1 amide bonds. The molecule has 0 spiro atoms. The maximum absolute atomic E-state index is 13.3. The van der Waals surface area contributed by atoms with Gasteiger partial charge in [-0.05, 0) is 54.4 Å². The third-order valence-electron chi connectivity index (χ3n) is 5.95. The molecule has 9 heteroatoms. The topological polar surface area (TPSA) is 118 Å². The first-order valence-corrected chi connectivity index (χ1v) is 10.8. The molecular formula is C26H22N4O5. The van der Waals surface area contributed by atoms with Gasteiger partial charge in [-0.2, -0.15) is 0 Å². The predicted octanol–water partition coefficient (Wildman–Crippen LogP) is 3.91. The molecule has 1 fully saturated rings. The van der Waals surface area contributed by atoms with Crippen LogP contribution < -0.4 is 14.4 Å². The minimum atomic E-state index is -0.946. The van der Waals surface area contributed by atoms with E-state index in [1.54, 1.807) is 42.7 Å². The number of aliphatic hydroxyl groups excluding tert-OH is 1. The number of pyridine rings is 1. The maximum Gasteiger partial charge on any atom is 0.302 e. The predicted molar refractivity (Wildman–Crippen MR) is 129 cm³/mol. The van der Waals surface area contributed by atoms with Crippen LogP contribution in [0.25, 0.3) is 16.8 Å². The van der Waals surface area contributed by atoms with Gasteiger partial charge in [-0.25, -0.2) is 4.98 Å². The number of aliphatic hydroxyl groups is 1. The molecule has 9 nitrogen and oxygen atoms in total. The summed E-state index contributed by atoms with van der Waals surface area (Å²) < 4.78 is 10.6. The second-order valence-corrected chi connectivity index (χ2v) is 8.11. The molecule has 2 N–H and O–H groups in total. The number of aromatic nitrogens is 3. The molecule has 5 rings (SSSR count). The highest BCUT2D eigenvalue weighted by Crippen LogP contribution is 2.42. The number of anilines is 1. The second kappa shape index (κ2) is 8.60. The summed E-state index contributed by atoms with van der Waals surface area (Å²) in [6.07, 6.45) is 3.15. The number of hydrogen-bond acceptors (Lipinski definition) is 7. The zero-order valence-corrected chi connectivity index (χ0v) is 19.3. The van der Waals surface area contributed by atoms with E-state index in [-0.39, 0.29) is 17.3 Å². The molecule has 35 heavy (non-hydrogen) atoms. The van der Waals surface area contributed by atoms with Gasteiger partial charge in [-0.3, -0.25) is 19.5 Å². The third-order valence-corrected chi connectivity index (χ3v) is 5.95. The average molecular weight is 470 g/mol. The van der Waals surface area contributed by atoms with E-state index in [2.05, 4.69) is 15.0 Å². The Labute approximate surface area is 200 Å².